The summed E-state index contributed by atoms with van der Waals surface area (Å²) in [5.74, 6) is -0.314. The first-order valence-corrected chi connectivity index (χ1v) is 4.94. The van der Waals surface area contributed by atoms with E-state index >= 15 is 0 Å². The van der Waals surface area contributed by atoms with Crippen molar-refractivity contribution in [2.24, 2.45) is 0 Å². The fraction of sp³-hybridized carbons (Fsp3) is 0.182. The number of fused-ring (bicyclic) bond motifs is 1. The number of aryl methyl sites for hydroxylation is 1. The highest BCUT2D eigenvalue weighted by atomic mass is 35.5. The molecular formula is C11H10ClFN2. The Morgan fingerprint density at radius 1 is 1.40 bits per heavy atom. The number of pyridine rings is 1. The second-order valence-electron chi connectivity index (χ2n) is 3.31. The first-order valence-electron chi connectivity index (χ1n) is 4.56. The molecule has 0 saturated heterocycles. The van der Waals surface area contributed by atoms with Crippen molar-refractivity contribution in [2.45, 2.75) is 6.92 Å². The van der Waals surface area contributed by atoms with Crippen LogP contribution in [0.4, 0.5) is 10.1 Å². The first-order chi connectivity index (χ1) is 7.13. The molecule has 0 atom stereocenters. The zero-order valence-electron chi connectivity index (χ0n) is 8.44. The molecule has 0 spiro atoms. The molecule has 2 nitrogen and oxygen atoms in total. The Hall–Kier alpha value is -1.35. The number of hydrogen-bond acceptors (Lipinski definition) is 2. The van der Waals surface area contributed by atoms with Crippen LogP contribution in [0.3, 0.4) is 0 Å². The van der Waals surface area contributed by atoms with E-state index in [-0.39, 0.29) is 5.82 Å². The number of nitrogens with zero attached hydrogens (tertiary/aromatic N) is 1. The van der Waals surface area contributed by atoms with Crippen molar-refractivity contribution < 1.29 is 4.39 Å². The molecule has 0 saturated carbocycles. The molecule has 1 aromatic carbocycles. The molecule has 2 rings (SSSR count). The lowest BCUT2D eigenvalue weighted by Gasteiger charge is -2.08. The van der Waals surface area contributed by atoms with Gasteiger partial charge in [-0.2, -0.15) is 0 Å². The van der Waals surface area contributed by atoms with E-state index in [4.69, 9.17) is 11.6 Å². The second kappa shape index (κ2) is 3.66. The van der Waals surface area contributed by atoms with E-state index in [9.17, 15) is 4.39 Å². The molecule has 0 aliphatic rings. The Balaban J connectivity index is 2.95. The summed E-state index contributed by atoms with van der Waals surface area (Å²) in [7, 11) is 1.74. The second-order valence-corrected chi connectivity index (χ2v) is 3.72. The van der Waals surface area contributed by atoms with Crippen LogP contribution in [0.5, 0.6) is 0 Å². The van der Waals surface area contributed by atoms with Crippen LogP contribution in [0.1, 0.15) is 5.69 Å². The van der Waals surface area contributed by atoms with Gasteiger partial charge in [0.05, 0.1) is 15.9 Å². The van der Waals surface area contributed by atoms with Gasteiger partial charge in [0.25, 0.3) is 0 Å². The lowest BCUT2D eigenvalue weighted by molar-refractivity contribution is 0.640. The van der Waals surface area contributed by atoms with E-state index in [1.807, 2.05) is 6.92 Å². The van der Waals surface area contributed by atoms with Crippen LogP contribution in [0.2, 0.25) is 5.02 Å². The summed E-state index contributed by atoms with van der Waals surface area (Å²) in [5, 5.41) is 3.85. The lowest BCUT2D eigenvalue weighted by atomic mass is 10.1. The summed E-state index contributed by atoms with van der Waals surface area (Å²) in [6, 6.07) is 4.66. The Kier molecular flexibility index (Phi) is 2.49. The molecule has 0 fully saturated rings. The van der Waals surface area contributed by atoms with Crippen LogP contribution in [-0.4, -0.2) is 12.0 Å². The van der Waals surface area contributed by atoms with Crippen LogP contribution >= 0.6 is 11.6 Å². The molecule has 0 aliphatic heterocycles. The number of hydrogen-bond donors (Lipinski definition) is 1. The minimum atomic E-state index is -0.314. The highest BCUT2D eigenvalue weighted by Crippen LogP contribution is 2.30. The molecular weight excluding hydrogens is 215 g/mol. The van der Waals surface area contributed by atoms with Crippen molar-refractivity contribution in [1.82, 2.24) is 4.98 Å². The maximum absolute atomic E-state index is 13.6. The van der Waals surface area contributed by atoms with Gasteiger partial charge in [-0.05, 0) is 25.1 Å². The van der Waals surface area contributed by atoms with E-state index in [2.05, 4.69) is 10.3 Å². The average Bonchev–Trinajstić information content (AvgIpc) is 2.22. The Bertz CT molecular complexity index is 525. The molecule has 15 heavy (non-hydrogen) atoms. The third-order valence-corrected chi connectivity index (χ3v) is 2.56. The van der Waals surface area contributed by atoms with Gasteiger partial charge in [-0.15, -0.1) is 0 Å². The summed E-state index contributed by atoms with van der Waals surface area (Å²) in [4.78, 5) is 4.23. The predicted molar refractivity (Wildman–Crippen MR) is 61.0 cm³/mol. The molecule has 0 aliphatic carbocycles. The zero-order chi connectivity index (χ0) is 11.0. The number of anilines is 1. The van der Waals surface area contributed by atoms with Crippen molar-refractivity contribution >= 4 is 28.2 Å². The lowest BCUT2D eigenvalue weighted by Crippen LogP contribution is -1.96. The number of nitrogens with one attached hydrogen (secondary N) is 1. The summed E-state index contributed by atoms with van der Waals surface area (Å²) < 4.78 is 13.6. The van der Waals surface area contributed by atoms with Gasteiger partial charge in [-0.1, -0.05) is 11.6 Å². The number of benzene rings is 1. The fourth-order valence-corrected chi connectivity index (χ4v) is 1.79. The summed E-state index contributed by atoms with van der Waals surface area (Å²) in [6.07, 6.45) is 0. The molecule has 78 valence electrons. The van der Waals surface area contributed by atoms with Gasteiger partial charge in [0.2, 0.25) is 0 Å². The quantitative estimate of drug-likeness (QED) is 0.803. The maximum Gasteiger partial charge on any atom is 0.134 e. The summed E-state index contributed by atoms with van der Waals surface area (Å²) in [6.45, 7) is 1.85. The van der Waals surface area contributed by atoms with Crippen LogP contribution in [-0.2, 0) is 0 Å². The molecule has 1 N–H and O–H groups in total. The summed E-state index contributed by atoms with van der Waals surface area (Å²) in [5.41, 5.74) is 2.01. The summed E-state index contributed by atoms with van der Waals surface area (Å²) >= 11 is 5.97. The van der Waals surface area contributed by atoms with E-state index in [0.29, 0.717) is 21.6 Å². The number of rotatable bonds is 1. The van der Waals surface area contributed by atoms with Crippen LogP contribution in [0.25, 0.3) is 10.9 Å². The highest BCUT2D eigenvalue weighted by Gasteiger charge is 2.10. The number of aromatic nitrogens is 1. The zero-order valence-corrected chi connectivity index (χ0v) is 9.19. The average molecular weight is 225 g/mol. The van der Waals surface area contributed by atoms with E-state index in [1.54, 1.807) is 13.1 Å². The molecule has 0 unspecified atom stereocenters. The fourth-order valence-electron chi connectivity index (χ4n) is 1.59. The van der Waals surface area contributed by atoms with E-state index < -0.39 is 0 Å². The van der Waals surface area contributed by atoms with Crippen molar-refractivity contribution in [3.8, 4) is 0 Å². The van der Waals surface area contributed by atoms with Gasteiger partial charge in [0.1, 0.15) is 5.82 Å². The van der Waals surface area contributed by atoms with Crippen molar-refractivity contribution in [1.29, 1.82) is 0 Å². The van der Waals surface area contributed by atoms with Crippen LogP contribution in [0, 0.1) is 12.7 Å². The predicted octanol–water partition coefficient (Wildman–Crippen LogP) is 3.38. The number of halogens is 2. The van der Waals surface area contributed by atoms with Gasteiger partial charge in [0.15, 0.2) is 0 Å². The topological polar surface area (TPSA) is 24.9 Å². The van der Waals surface area contributed by atoms with Gasteiger partial charge in [-0.3, -0.25) is 4.98 Å². The first kappa shape index (κ1) is 10.2. The van der Waals surface area contributed by atoms with Gasteiger partial charge >= 0.3 is 0 Å². The Labute approximate surface area is 92.1 Å². The van der Waals surface area contributed by atoms with Crippen molar-refractivity contribution in [3.05, 3.63) is 34.7 Å². The molecule has 4 heteroatoms. The SMILES string of the molecule is CNc1cc(C)nc2c(Cl)ccc(F)c12. The van der Waals surface area contributed by atoms with E-state index in [1.165, 1.54) is 12.1 Å². The minimum absolute atomic E-state index is 0.314. The standard InChI is InChI=1S/C11H10ClFN2/c1-6-5-9(14-2)10-8(13)4-3-7(12)11(10)15-6/h3-5H,1-2H3,(H,14,15). The monoisotopic (exact) mass is 224 g/mol. The molecule has 0 bridgehead atoms. The molecule has 0 radical (unpaired) electrons. The highest BCUT2D eigenvalue weighted by molar-refractivity contribution is 6.35. The normalized spacial score (nSPS) is 10.7. The third kappa shape index (κ3) is 1.63. The largest absolute Gasteiger partial charge is 0.387 e. The maximum atomic E-state index is 13.6. The van der Waals surface area contributed by atoms with Crippen LogP contribution < -0.4 is 5.32 Å². The van der Waals surface area contributed by atoms with Crippen LogP contribution in [0.15, 0.2) is 18.2 Å². The van der Waals surface area contributed by atoms with Gasteiger partial charge in [0, 0.05) is 18.4 Å². The minimum Gasteiger partial charge on any atom is -0.387 e. The van der Waals surface area contributed by atoms with E-state index in [0.717, 1.165) is 5.69 Å². The Morgan fingerprint density at radius 2 is 2.13 bits per heavy atom. The molecule has 0 amide bonds. The Morgan fingerprint density at radius 3 is 2.80 bits per heavy atom. The molecule has 2 aromatic rings. The molecule has 1 aromatic heterocycles. The van der Waals surface area contributed by atoms with Crippen molar-refractivity contribution in [2.75, 3.05) is 12.4 Å². The van der Waals surface area contributed by atoms with Gasteiger partial charge in [-0.25, -0.2) is 4.39 Å². The van der Waals surface area contributed by atoms with Crippen molar-refractivity contribution in [3.63, 3.8) is 0 Å². The molecule has 1 heterocycles. The van der Waals surface area contributed by atoms with Gasteiger partial charge < -0.3 is 5.32 Å². The smallest absolute Gasteiger partial charge is 0.134 e. The third-order valence-electron chi connectivity index (χ3n) is 2.26.